The van der Waals surface area contributed by atoms with Gasteiger partial charge in [-0.1, -0.05) is 158 Å². The molecule has 0 saturated carbocycles. The quantitative estimate of drug-likeness (QED) is 0.183. The van der Waals surface area contributed by atoms with Crippen LogP contribution in [0.3, 0.4) is 0 Å². The van der Waals surface area contributed by atoms with Gasteiger partial charge >= 0.3 is 0 Å². The molecule has 0 N–H and O–H groups in total. The largest absolute Gasteiger partial charge is 0.208 e. The Bertz CT molecular complexity index is 2920. The van der Waals surface area contributed by atoms with Crippen LogP contribution in [-0.2, 0) is 0 Å². The number of fused-ring (bicyclic) bond motifs is 5. The van der Waals surface area contributed by atoms with E-state index in [1.807, 2.05) is 0 Å². The molecule has 4 heteroatoms. The first-order valence-electron chi connectivity index (χ1n) is 17.1. The molecule has 10 aromatic rings. The molecule has 10 rings (SSSR count). The van der Waals surface area contributed by atoms with Crippen LogP contribution in [0.15, 0.2) is 176 Å². The summed E-state index contributed by atoms with van der Waals surface area (Å²) < 4.78 is 2.43. The van der Waals surface area contributed by atoms with Crippen LogP contribution in [0.4, 0.5) is 0 Å². The third kappa shape index (κ3) is 5.16. The Morgan fingerprint density at radius 3 is 1.73 bits per heavy atom. The van der Waals surface area contributed by atoms with Crippen molar-refractivity contribution in [2.24, 2.45) is 0 Å². The molecule has 0 unspecified atom stereocenters. The Balaban J connectivity index is 1.17. The molecular weight excluding hydrogens is 639 g/mol. The van der Waals surface area contributed by atoms with Crippen LogP contribution in [0.2, 0.25) is 0 Å². The van der Waals surface area contributed by atoms with Gasteiger partial charge < -0.3 is 0 Å². The predicted octanol–water partition coefficient (Wildman–Crippen LogP) is 12.9. The second-order valence-corrected chi connectivity index (χ2v) is 13.9. The Labute approximate surface area is 299 Å². The highest BCUT2D eigenvalue weighted by atomic mass is 32.1. The molecule has 238 valence electrons. The van der Waals surface area contributed by atoms with Crippen molar-refractivity contribution in [2.75, 3.05) is 0 Å². The van der Waals surface area contributed by atoms with E-state index in [1.165, 1.54) is 47.3 Å². The van der Waals surface area contributed by atoms with Crippen LogP contribution in [-0.4, -0.2) is 15.0 Å². The summed E-state index contributed by atoms with van der Waals surface area (Å²) in [7, 11) is 0. The lowest BCUT2D eigenvalue weighted by Gasteiger charge is -2.14. The number of aromatic nitrogens is 3. The summed E-state index contributed by atoms with van der Waals surface area (Å²) in [5, 5.41) is 7.32. The van der Waals surface area contributed by atoms with Crippen LogP contribution < -0.4 is 0 Å². The summed E-state index contributed by atoms with van der Waals surface area (Å²) in [6.07, 6.45) is 0. The zero-order valence-electron chi connectivity index (χ0n) is 27.5. The Hall–Kier alpha value is -6.49. The minimum absolute atomic E-state index is 0.644. The highest BCUT2D eigenvalue weighted by molar-refractivity contribution is 7.26. The summed E-state index contributed by atoms with van der Waals surface area (Å²) in [6.45, 7) is 0. The summed E-state index contributed by atoms with van der Waals surface area (Å²) in [6, 6.07) is 62.2. The molecule has 3 nitrogen and oxygen atoms in total. The smallest absolute Gasteiger partial charge is 0.165 e. The first-order chi connectivity index (χ1) is 25.3. The maximum Gasteiger partial charge on any atom is 0.165 e. The van der Waals surface area contributed by atoms with Gasteiger partial charge in [0.2, 0.25) is 0 Å². The Morgan fingerprint density at radius 1 is 0.314 bits per heavy atom. The molecule has 0 aliphatic carbocycles. The van der Waals surface area contributed by atoms with E-state index in [2.05, 4.69) is 176 Å². The number of thiophene rings is 1. The molecule has 0 radical (unpaired) electrons. The second kappa shape index (κ2) is 12.1. The molecule has 0 aliphatic rings. The molecule has 8 aromatic carbocycles. The fourth-order valence-corrected chi connectivity index (χ4v) is 8.43. The Morgan fingerprint density at radius 2 is 0.863 bits per heavy atom. The van der Waals surface area contributed by atoms with Gasteiger partial charge in [0, 0.05) is 36.9 Å². The van der Waals surface area contributed by atoms with Crippen LogP contribution in [0.25, 0.3) is 98.1 Å². The van der Waals surface area contributed by atoms with Gasteiger partial charge in [-0.15, -0.1) is 11.3 Å². The number of hydrogen-bond donors (Lipinski definition) is 0. The molecule has 2 heterocycles. The minimum Gasteiger partial charge on any atom is -0.208 e. The van der Waals surface area contributed by atoms with Crippen molar-refractivity contribution in [1.82, 2.24) is 15.0 Å². The third-order valence-electron chi connectivity index (χ3n) is 9.75. The maximum atomic E-state index is 5.26. The lowest BCUT2D eigenvalue weighted by Crippen LogP contribution is -2.01. The van der Waals surface area contributed by atoms with Gasteiger partial charge in [-0.05, 0) is 62.0 Å². The number of rotatable bonds is 5. The second-order valence-electron chi connectivity index (χ2n) is 12.8. The van der Waals surface area contributed by atoms with Crippen molar-refractivity contribution in [3.63, 3.8) is 0 Å². The van der Waals surface area contributed by atoms with Gasteiger partial charge in [-0.2, -0.15) is 0 Å². The molecular formula is C47H29N3S. The van der Waals surface area contributed by atoms with E-state index >= 15 is 0 Å². The maximum absolute atomic E-state index is 5.26. The number of hydrogen-bond acceptors (Lipinski definition) is 4. The van der Waals surface area contributed by atoms with Gasteiger partial charge in [-0.3, -0.25) is 0 Å². The van der Waals surface area contributed by atoms with Crippen LogP contribution in [0.1, 0.15) is 0 Å². The zero-order chi connectivity index (χ0) is 33.7. The molecule has 0 aliphatic heterocycles. The van der Waals surface area contributed by atoms with E-state index in [4.69, 9.17) is 15.0 Å². The normalized spacial score (nSPS) is 11.5. The molecule has 0 fully saturated rings. The fraction of sp³-hybridized carbons (Fsp3) is 0. The van der Waals surface area contributed by atoms with E-state index in [9.17, 15) is 0 Å². The van der Waals surface area contributed by atoms with Crippen molar-refractivity contribution in [2.45, 2.75) is 0 Å². The van der Waals surface area contributed by atoms with Crippen LogP contribution in [0.5, 0.6) is 0 Å². The molecule has 0 spiro atoms. The van der Waals surface area contributed by atoms with Crippen LogP contribution in [0, 0.1) is 0 Å². The fourth-order valence-electron chi connectivity index (χ4n) is 7.22. The minimum atomic E-state index is 0.644. The van der Waals surface area contributed by atoms with Gasteiger partial charge in [0.25, 0.3) is 0 Å². The highest BCUT2D eigenvalue weighted by Crippen LogP contribution is 2.41. The lowest BCUT2D eigenvalue weighted by molar-refractivity contribution is 1.08. The predicted molar refractivity (Wildman–Crippen MR) is 215 cm³/mol. The summed E-state index contributed by atoms with van der Waals surface area (Å²) >= 11 is 1.79. The summed E-state index contributed by atoms with van der Waals surface area (Å²) in [4.78, 5) is 15.7. The molecule has 2 aromatic heterocycles. The van der Waals surface area contributed by atoms with Crippen molar-refractivity contribution in [3.8, 4) is 56.4 Å². The molecule has 0 atom stereocenters. The number of benzene rings is 8. The standard InChI is InChI=1S/C47H29N3S/c1-2-13-34-29-35(28-25-30(34)11-1)31-23-26-33(27-24-31)45-48-46(41-18-6-5-16-38(41)37-19-9-14-32-12-3-4-15-36(32)37)50-47(49-45)42-21-10-20-40-39-17-7-8-22-43(39)51-44(40)42/h1-29H. The first-order valence-corrected chi connectivity index (χ1v) is 17.9. The van der Waals surface area contributed by atoms with Gasteiger partial charge in [-0.25, -0.2) is 15.0 Å². The average molecular weight is 668 g/mol. The van der Waals surface area contributed by atoms with E-state index in [0.717, 1.165) is 33.4 Å². The van der Waals surface area contributed by atoms with E-state index < -0.39 is 0 Å². The average Bonchev–Trinajstić information content (AvgIpc) is 3.59. The van der Waals surface area contributed by atoms with Crippen LogP contribution >= 0.6 is 11.3 Å². The van der Waals surface area contributed by atoms with E-state index in [0.29, 0.717) is 17.5 Å². The zero-order valence-corrected chi connectivity index (χ0v) is 28.3. The molecule has 0 amide bonds. The monoisotopic (exact) mass is 667 g/mol. The third-order valence-corrected chi connectivity index (χ3v) is 11.0. The van der Waals surface area contributed by atoms with Crippen molar-refractivity contribution >= 4 is 53.1 Å². The topological polar surface area (TPSA) is 38.7 Å². The molecule has 51 heavy (non-hydrogen) atoms. The highest BCUT2D eigenvalue weighted by Gasteiger charge is 2.19. The van der Waals surface area contributed by atoms with Crippen molar-refractivity contribution in [3.05, 3.63) is 176 Å². The summed E-state index contributed by atoms with van der Waals surface area (Å²) in [5.41, 5.74) is 7.48. The summed E-state index contributed by atoms with van der Waals surface area (Å²) in [5.74, 6) is 1.96. The van der Waals surface area contributed by atoms with Crippen molar-refractivity contribution in [1.29, 1.82) is 0 Å². The first kappa shape index (κ1) is 29.4. The molecule has 0 bridgehead atoms. The van der Waals surface area contributed by atoms with Gasteiger partial charge in [0.1, 0.15) is 0 Å². The Kier molecular flexibility index (Phi) is 7.00. The van der Waals surface area contributed by atoms with E-state index in [1.54, 1.807) is 11.3 Å². The van der Waals surface area contributed by atoms with E-state index in [-0.39, 0.29) is 0 Å². The van der Waals surface area contributed by atoms with Crippen molar-refractivity contribution < 1.29 is 0 Å². The van der Waals surface area contributed by atoms with Gasteiger partial charge in [0.05, 0.1) is 0 Å². The SMILES string of the molecule is c1ccc(-c2cccc3ccccc23)c(-c2nc(-c3ccc(-c4ccc5ccccc5c4)cc3)nc(-c3cccc4c3sc3ccccc34)n2)c1. The molecule has 0 saturated heterocycles. The van der Waals surface area contributed by atoms with Gasteiger partial charge in [0.15, 0.2) is 17.5 Å². The number of nitrogens with zero attached hydrogens (tertiary/aromatic N) is 3. The lowest BCUT2D eigenvalue weighted by atomic mass is 9.94.